The van der Waals surface area contributed by atoms with Gasteiger partial charge in [-0.15, -0.1) is 0 Å². The van der Waals surface area contributed by atoms with Crippen LogP contribution in [0.15, 0.2) is 12.2 Å². The van der Waals surface area contributed by atoms with E-state index in [0.717, 1.165) is 6.08 Å². The van der Waals surface area contributed by atoms with Crippen LogP contribution in [0, 0.1) is 17.3 Å². The van der Waals surface area contributed by atoms with Crippen molar-refractivity contribution in [3.05, 3.63) is 12.2 Å². The van der Waals surface area contributed by atoms with Crippen LogP contribution in [0.1, 0.15) is 12.8 Å². The summed E-state index contributed by atoms with van der Waals surface area (Å²) in [6.45, 7) is 0. The van der Waals surface area contributed by atoms with Gasteiger partial charge in [-0.1, -0.05) is 12.2 Å². The average Bonchev–Trinajstić information content (AvgIpc) is 2.35. The molecule has 1 rings (SSSR count). The average molecular weight is 382 g/mol. The first-order valence-electron chi connectivity index (χ1n) is 6.14. The molecule has 0 fully saturated rings. The molecular weight excluding hydrogens is 371 g/mol. The van der Waals surface area contributed by atoms with E-state index in [1.54, 1.807) is 0 Å². The Morgan fingerprint density at radius 2 is 1.67 bits per heavy atom. The second-order valence-electron chi connectivity index (χ2n) is 5.14. The third kappa shape index (κ3) is 3.09. The predicted molar refractivity (Wildman–Crippen MR) is 65.6 cm³/mol. The van der Waals surface area contributed by atoms with Crippen LogP contribution in [0.25, 0.3) is 0 Å². The molecule has 3 unspecified atom stereocenters. The molecule has 0 saturated carbocycles. The van der Waals surface area contributed by atoms with Gasteiger partial charge in [0.2, 0.25) is 0 Å². The Morgan fingerprint density at radius 1 is 1.17 bits per heavy atom. The molecule has 0 aromatic rings. The second kappa shape index (κ2) is 5.95. The number of hydrogen-bond acceptors (Lipinski definition) is 4. The van der Waals surface area contributed by atoms with Crippen molar-refractivity contribution in [2.24, 2.45) is 17.3 Å². The molecule has 0 heterocycles. The standard InChI is InChI=1S/C11H11F5O7S/c12-10(13,14)7(11(15,16)24(21,22)23)9(8(19)20)4-2-1-3-5(9)6(17)18/h1,3,5,7H,2,4H2,(H,17,18)(H,19,20)(H,21,22,23). The van der Waals surface area contributed by atoms with Crippen LogP contribution < -0.4 is 0 Å². The van der Waals surface area contributed by atoms with Crippen molar-refractivity contribution in [3.8, 4) is 0 Å². The van der Waals surface area contributed by atoms with Gasteiger partial charge in [0.1, 0.15) is 5.41 Å². The summed E-state index contributed by atoms with van der Waals surface area (Å²) in [5.41, 5.74) is -3.72. The van der Waals surface area contributed by atoms with Crippen LogP contribution in [-0.4, -0.2) is 46.6 Å². The quantitative estimate of drug-likeness (QED) is 0.375. The number of carbonyl (C=O) groups is 2. The summed E-state index contributed by atoms with van der Waals surface area (Å²) in [7, 11) is -6.69. The highest BCUT2D eigenvalue weighted by Crippen LogP contribution is 2.57. The fourth-order valence-corrected chi connectivity index (χ4v) is 3.44. The highest BCUT2D eigenvalue weighted by atomic mass is 32.2. The van der Waals surface area contributed by atoms with E-state index in [1.165, 1.54) is 0 Å². The lowest BCUT2D eigenvalue weighted by molar-refractivity contribution is -0.263. The first kappa shape index (κ1) is 20.3. The summed E-state index contributed by atoms with van der Waals surface area (Å²) in [6.07, 6.45) is -6.40. The highest BCUT2D eigenvalue weighted by Gasteiger charge is 2.75. The van der Waals surface area contributed by atoms with Crippen molar-refractivity contribution in [2.75, 3.05) is 0 Å². The minimum atomic E-state index is -6.69. The molecule has 0 amide bonds. The van der Waals surface area contributed by atoms with E-state index in [2.05, 4.69) is 0 Å². The first-order valence-corrected chi connectivity index (χ1v) is 7.58. The minimum absolute atomic E-state index is 0.485. The zero-order valence-corrected chi connectivity index (χ0v) is 12.3. The molecule has 3 N–H and O–H groups in total. The number of rotatable bonds is 5. The Hall–Kier alpha value is -1.76. The molecule has 138 valence electrons. The van der Waals surface area contributed by atoms with Gasteiger partial charge in [-0.25, -0.2) is 0 Å². The molecule has 0 aromatic carbocycles. The molecule has 0 radical (unpaired) electrons. The monoisotopic (exact) mass is 382 g/mol. The summed E-state index contributed by atoms with van der Waals surface area (Å²) in [4.78, 5) is 22.6. The Balaban J connectivity index is 3.85. The van der Waals surface area contributed by atoms with Crippen LogP contribution in [-0.2, 0) is 19.7 Å². The Bertz CT molecular complexity index is 669. The van der Waals surface area contributed by atoms with Crippen molar-refractivity contribution in [1.29, 1.82) is 0 Å². The lowest BCUT2D eigenvalue weighted by atomic mass is 9.61. The molecule has 1 aliphatic rings. The molecule has 1 aliphatic carbocycles. The molecule has 0 saturated heterocycles. The van der Waals surface area contributed by atoms with Gasteiger partial charge in [0.15, 0.2) is 5.92 Å². The van der Waals surface area contributed by atoms with Gasteiger partial charge in [0.05, 0.1) is 5.92 Å². The lowest BCUT2D eigenvalue weighted by Gasteiger charge is -2.44. The molecule has 0 spiro atoms. The minimum Gasteiger partial charge on any atom is -0.481 e. The predicted octanol–water partition coefficient (Wildman–Crippen LogP) is 1.77. The molecule has 13 heteroatoms. The first-order chi connectivity index (χ1) is 10.6. The zero-order valence-electron chi connectivity index (χ0n) is 11.5. The summed E-state index contributed by atoms with van der Waals surface area (Å²) < 4.78 is 97.5. The molecule has 7 nitrogen and oxygen atoms in total. The Kier molecular flexibility index (Phi) is 5.03. The van der Waals surface area contributed by atoms with E-state index in [1.807, 2.05) is 0 Å². The zero-order chi connectivity index (χ0) is 19.1. The number of carboxylic acids is 2. The van der Waals surface area contributed by atoms with E-state index in [9.17, 15) is 40.0 Å². The van der Waals surface area contributed by atoms with Gasteiger partial charge >= 0.3 is 33.5 Å². The molecular formula is C11H11F5O7S. The number of allylic oxidation sites excluding steroid dienone is 1. The van der Waals surface area contributed by atoms with Gasteiger partial charge in [0.25, 0.3) is 0 Å². The molecule has 0 bridgehead atoms. The van der Waals surface area contributed by atoms with Gasteiger partial charge in [-0.2, -0.15) is 30.4 Å². The van der Waals surface area contributed by atoms with Gasteiger partial charge in [-0.05, 0) is 12.8 Å². The largest absolute Gasteiger partial charge is 0.481 e. The maximum absolute atomic E-state index is 13.9. The number of carboxylic acid groups (broad SMARTS) is 2. The van der Waals surface area contributed by atoms with E-state index in [4.69, 9.17) is 14.8 Å². The normalized spacial score (nSPS) is 26.8. The maximum Gasteiger partial charge on any atom is 0.399 e. The van der Waals surface area contributed by atoms with Crippen LogP contribution in [0.2, 0.25) is 0 Å². The summed E-state index contributed by atoms with van der Waals surface area (Å²) in [6, 6.07) is 0. The Labute approximate surface area is 131 Å². The lowest BCUT2D eigenvalue weighted by Crippen LogP contribution is -2.61. The fraction of sp³-hybridized carbons (Fsp3) is 0.636. The van der Waals surface area contributed by atoms with Gasteiger partial charge < -0.3 is 10.2 Å². The molecule has 0 aliphatic heterocycles. The van der Waals surface area contributed by atoms with E-state index in [-0.39, 0.29) is 0 Å². The third-order valence-corrected chi connectivity index (χ3v) is 4.72. The van der Waals surface area contributed by atoms with E-state index >= 15 is 0 Å². The summed E-state index contributed by atoms with van der Waals surface area (Å²) >= 11 is 0. The molecule has 0 aromatic heterocycles. The number of aliphatic carboxylic acids is 2. The number of hydrogen-bond donors (Lipinski definition) is 3. The van der Waals surface area contributed by atoms with Gasteiger partial charge in [0, 0.05) is 0 Å². The van der Waals surface area contributed by atoms with Gasteiger partial charge in [-0.3, -0.25) is 14.1 Å². The van der Waals surface area contributed by atoms with Crippen LogP contribution in [0.5, 0.6) is 0 Å². The smallest absolute Gasteiger partial charge is 0.399 e. The second-order valence-corrected chi connectivity index (χ2v) is 6.63. The maximum atomic E-state index is 13.9. The molecule has 3 atom stereocenters. The van der Waals surface area contributed by atoms with Crippen LogP contribution in [0.3, 0.4) is 0 Å². The highest BCUT2D eigenvalue weighted by molar-refractivity contribution is 7.86. The van der Waals surface area contributed by atoms with Crippen molar-refractivity contribution in [2.45, 2.75) is 24.3 Å². The Morgan fingerprint density at radius 3 is 2.00 bits per heavy atom. The van der Waals surface area contributed by atoms with Crippen LogP contribution >= 0.6 is 0 Å². The van der Waals surface area contributed by atoms with Crippen molar-refractivity contribution in [1.82, 2.24) is 0 Å². The summed E-state index contributed by atoms with van der Waals surface area (Å²) in [5.74, 6) is -11.8. The third-order valence-electron chi connectivity index (χ3n) is 3.79. The number of halogens is 5. The van der Waals surface area contributed by atoms with Crippen LogP contribution in [0.4, 0.5) is 22.0 Å². The van der Waals surface area contributed by atoms with Crippen molar-refractivity contribution < 1.29 is 54.7 Å². The summed E-state index contributed by atoms with van der Waals surface area (Å²) in [5, 5.41) is 12.2. The SMILES string of the molecule is O=C(O)C1C=CCCC1(C(=O)O)C(C(F)(F)F)C(F)(F)S(=O)(=O)O. The van der Waals surface area contributed by atoms with E-state index in [0.29, 0.717) is 6.08 Å². The fourth-order valence-electron chi connectivity index (χ4n) is 2.80. The molecule has 24 heavy (non-hydrogen) atoms. The van der Waals surface area contributed by atoms with Crippen molar-refractivity contribution >= 4 is 22.1 Å². The topological polar surface area (TPSA) is 129 Å². The van der Waals surface area contributed by atoms with Crippen molar-refractivity contribution in [3.63, 3.8) is 0 Å². The van der Waals surface area contributed by atoms with E-state index < -0.39 is 63.6 Å². The number of alkyl halides is 5.